The fourth-order valence-corrected chi connectivity index (χ4v) is 0.705. The molecule has 0 atom stereocenters. The van der Waals surface area contributed by atoms with Crippen LogP contribution in [-0.4, -0.2) is 12.9 Å². The van der Waals surface area contributed by atoms with Gasteiger partial charge < -0.3 is 0 Å². The lowest BCUT2D eigenvalue weighted by atomic mass is 10.1. The van der Waals surface area contributed by atoms with E-state index in [1.54, 1.807) is 0 Å². The van der Waals surface area contributed by atoms with Gasteiger partial charge in [-0.2, -0.15) is 0 Å². The second kappa shape index (κ2) is 4.52. The Bertz CT molecular complexity index is 71.8. The number of rotatable bonds is 4. The molecule has 0 nitrogen and oxygen atoms in total. The van der Waals surface area contributed by atoms with Gasteiger partial charge in [0.05, 0.1) is 0 Å². The minimum Gasteiger partial charge on any atom is -0.211 e. The molecule has 0 saturated heterocycles. The fraction of sp³-hybridized carbons (Fsp3) is 1.00. The van der Waals surface area contributed by atoms with Crippen molar-refractivity contribution in [2.24, 2.45) is 5.92 Å². The third-order valence-corrected chi connectivity index (χ3v) is 1.16. The normalized spacial score (nSPS) is 12.0. The van der Waals surface area contributed by atoms with Crippen molar-refractivity contribution in [3.63, 3.8) is 0 Å². The molecule has 0 unspecified atom stereocenters. The summed E-state index contributed by atoms with van der Waals surface area (Å²) >= 11 is 0. The standard InChI is InChI=1S/C6H10F4/c1-4(2-5(7)8)3-6(9)10/h4-6H,2-3H2,1H3. The molecule has 0 heterocycles. The van der Waals surface area contributed by atoms with Gasteiger partial charge in [0.2, 0.25) is 12.9 Å². The highest BCUT2D eigenvalue weighted by atomic mass is 19.3. The Morgan fingerprint density at radius 2 is 1.20 bits per heavy atom. The van der Waals surface area contributed by atoms with E-state index >= 15 is 0 Å². The van der Waals surface area contributed by atoms with E-state index in [-0.39, 0.29) is 0 Å². The Morgan fingerprint density at radius 3 is 1.40 bits per heavy atom. The van der Waals surface area contributed by atoms with Crippen LogP contribution >= 0.6 is 0 Å². The maximum absolute atomic E-state index is 11.5. The van der Waals surface area contributed by atoms with Crippen molar-refractivity contribution in [2.45, 2.75) is 32.6 Å². The van der Waals surface area contributed by atoms with Crippen molar-refractivity contribution in [2.75, 3.05) is 0 Å². The third kappa shape index (κ3) is 5.85. The van der Waals surface area contributed by atoms with Gasteiger partial charge in [0, 0.05) is 12.8 Å². The van der Waals surface area contributed by atoms with Crippen molar-refractivity contribution < 1.29 is 17.6 Å². The van der Waals surface area contributed by atoms with E-state index in [0.717, 1.165) is 0 Å². The highest BCUT2D eigenvalue weighted by Crippen LogP contribution is 2.17. The summed E-state index contributed by atoms with van der Waals surface area (Å²) in [5.74, 6) is -0.583. The van der Waals surface area contributed by atoms with Gasteiger partial charge in [-0.3, -0.25) is 0 Å². The molecular weight excluding hydrogens is 148 g/mol. The minimum atomic E-state index is -2.46. The van der Waals surface area contributed by atoms with E-state index in [1.165, 1.54) is 6.92 Å². The highest BCUT2D eigenvalue weighted by molar-refractivity contribution is 4.55. The van der Waals surface area contributed by atoms with Crippen molar-refractivity contribution in [1.29, 1.82) is 0 Å². The third-order valence-electron chi connectivity index (χ3n) is 1.16. The fourth-order valence-electron chi connectivity index (χ4n) is 0.705. The Morgan fingerprint density at radius 1 is 0.900 bits per heavy atom. The molecule has 62 valence electrons. The zero-order valence-corrected chi connectivity index (χ0v) is 5.66. The molecular formula is C6H10F4. The first-order chi connectivity index (χ1) is 4.52. The van der Waals surface area contributed by atoms with Crippen LogP contribution in [0.25, 0.3) is 0 Å². The topological polar surface area (TPSA) is 0 Å². The molecule has 4 heteroatoms. The summed E-state index contributed by atoms with van der Waals surface area (Å²) in [4.78, 5) is 0. The maximum Gasteiger partial charge on any atom is 0.238 e. The van der Waals surface area contributed by atoms with Crippen molar-refractivity contribution in [3.8, 4) is 0 Å². The Balaban J connectivity index is 3.34. The number of hydrogen-bond donors (Lipinski definition) is 0. The van der Waals surface area contributed by atoms with Gasteiger partial charge in [0.25, 0.3) is 0 Å². The molecule has 0 N–H and O–H groups in total. The van der Waals surface area contributed by atoms with E-state index in [4.69, 9.17) is 0 Å². The average molecular weight is 158 g/mol. The zero-order chi connectivity index (χ0) is 8.15. The first-order valence-electron chi connectivity index (χ1n) is 3.08. The number of halogens is 4. The van der Waals surface area contributed by atoms with Gasteiger partial charge in [0.15, 0.2) is 0 Å². The maximum atomic E-state index is 11.5. The minimum absolute atomic E-state index is 0.426. The van der Waals surface area contributed by atoms with Gasteiger partial charge in [0.1, 0.15) is 0 Å². The van der Waals surface area contributed by atoms with E-state index in [2.05, 4.69) is 0 Å². The van der Waals surface area contributed by atoms with Crippen molar-refractivity contribution in [3.05, 3.63) is 0 Å². The predicted molar refractivity (Wildman–Crippen MR) is 30.4 cm³/mol. The summed E-state index contributed by atoms with van der Waals surface area (Å²) in [5, 5.41) is 0. The smallest absolute Gasteiger partial charge is 0.211 e. The zero-order valence-electron chi connectivity index (χ0n) is 5.66. The van der Waals surface area contributed by atoms with Crippen molar-refractivity contribution >= 4 is 0 Å². The number of alkyl halides is 4. The summed E-state index contributed by atoms with van der Waals surface area (Å²) < 4.78 is 46.0. The largest absolute Gasteiger partial charge is 0.238 e. The molecule has 0 fully saturated rings. The van der Waals surface area contributed by atoms with Crippen LogP contribution in [0, 0.1) is 5.92 Å². The van der Waals surface area contributed by atoms with Gasteiger partial charge in [-0.05, 0) is 5.92 Å². The highest BCUT2D eigenvalue weighted by Gasteiger charge is 2.14. The molecule has 0 spiro atoms. The lowest BCUT2D eigenvalue weighted by Crippen LogP contribution is -2.06. The quantitative estimate of drug-likeness (QED) is 0.552. The Kier molecular flexibility index (Phi) is 4.40. The average Bonchev–Trinajstić information content (AvgIpc) is 1.58. The van der Waals surface area contributed by atoms with Crippen LogP contribution in [0.2, 0.25) is 0 Å². The Hall–Kier alpha value is -0.280. The molecule has 10 heavy (non-hydrogen) atoms. The van der Waals surface area contributed by atoms with Crippen LogP contribution in [0.4, 0.5) is 17.6 Å². The molecule has 0 aliphatic rings. The summed E-state index contributed by atoms with van der Waals surface area (Å²) in [6.45, 7) is 1.40. The summed E-state index contributed by atoms with van der Waals surface area (Å²) in [6, 6.07) is 0. The molecule has 0 radical (unpaired) electrons. The lowest BCUT2D eigenvalue weighted by Gasteiger charge is -2.08. The lowest BCUT2D eigenvalue weighted by molar-refractivity contribution is 0.0784. The van der Waals surface area contributed by atoms with Crippen LogP contribution in [0.3, 0.4) is 0 Å². The molecule has 0 aliphatic carbocycles. The van der Waals surface area contributed by atoms with Crippen LogP contribution < -0.4 is 0 Å². The van der Waals surface area contributed by atoms with E-state index in [9.17, 15) is 17.6 Å². The molecule has 0 aromatic heterocycles. The van der Waals surface area contributed by atoms with E-state index in [0.29, 0.717) is 0 Å². The first-order valence-corrected chi connectivity index (χ1v) is 3.08. The SMILES string of the molecule is CC(CC(F)F)CC(F)F. The van der Waals surface area contributed by atoms with Crippen LogP contribution in [-0.2, 0) is 0 Å². The second-order valence-corrected chi connectivity index (χ2v) is 2.36. The van der Waals surface area contributed by atoms with Crippen LogP contribution in [0.1, 0.15) is 19.8 Å². The molecule has 0 aromatic rings. The van der Waals surface area contributed by atoms with Crippen LogP contribution in [0.5, 0.6) is 0 Å². The molecule has 0 aromatic carbocycles. The molecule has 0 bridgehead atoms. The Labute approximate surface area is 57.2 Å². The molecule has 0 rings (SSSR count). The van der Waals surface area contributed by atoms with Gasteiger partial charge in [-0.1, -0.05) is 6.92 Å². The van der Waals surface area contributed by atoms with Gasteiger partial charge in [-0.25, -0.2) is 17.6 Å². The summed E-state index contributed by atoms with van der Waals surface area (Å²) in [7, 11) is 0. The monoisotopic (exact) mass is 158 g/mol. The predicted octanol–water partition coefficient (Wildman–Crippen LogP) is 2.93. The van der Waals surface area contributed by atoms with Crippen molar-refractivity contribution in [1.82, 2.24) is 0 Å². The van der Waals surface area contributed by atoms with Gasteiger partial charge in [-0.15, -0.1) is 0 Å². The first kappa shape index (κ1) is 9.72. The molecule has 0 amide bonds. The van der Waals surface area contributed by atoms with Gasteiger partial charge >= 0.3 is 0 Å². The molecule has 0 saturated carbocycles. The second-order valence-electron chi connectivity index (χ2n) is 2.36. The van der Waals surface area contributed by atoms with E-state index in [1.807, 2.05) is 0 Å². The molecule has 0 aliphatic heterocycles. The van der Waals surface area contributed by atoms with Crippen LogP contribution in [0.15, 0.2) is 0 Å². The number of hydrogen-bond acceptors (Lipinski definition) is 0. The van der Waals surface area contributed by atoms with E-state index < -0.39 is 31.6 Å². The summed E-state index contributed by atoms with van der Waals surface area (Å²) in [6.07, 6.45) is -5.78. The summed E-state index contributed by atoms with van der Waals surface area (Å²) in [5.41, 5.74) is 0.